The number of nitrogens with one attached hydrogen (secondary N) is 1. The first kappa shape index (κ1) is 13.4. The third-order valence-corrected chi connectivity index (χ3v) is 4.14. The largest absolute Gasteiger partial charge is 0.441 e. The minimum Gasteiger partial charge on any atom is -0.441 e. The first-order chi connectivity index (χ1) is 9.52. The van der Waals surface area contributed by atoms with Crippen LogP contribution in [0.25, 0.3) is 11.1 Å². The number of benzene rings is 1. The van der Waals surface area contributed by atoms with Crippen molar-refractivity contribution in [3.05, 3.63) is 44.4 Å². The van der Waals surface area contributed by atoms with Crippen molar-refractivity contribution in [1.29, 1.82) is 0 Å². The van der Waals surface area contributed by atoms with E-state index in [1.807, 2.05) is 0 Å². The highest BCUT2D eigenvalue weighted by Crippen LogP contribution is 2.31. The Labute approximate surface area is 128 Å². The fraction of sp³-hybridized carbons (Fsp3) is 0.0769. The number of amides is 1. The van der Waals surface area contributed by atoms with Crippen LogP contribution < -0.4 is 5.32 Å². The summed E-state index contributed by atoms with van der Waals surface area (Å²) in [6.07, 6.45) is 0. The van der Waals surface area contributed by atoms with Gasteiger partial charge in [-0.2, -0.15) is 0 Å². The SMILES string of the molecule is Cc1nc2cc(NC(=O)c3cc(Cl)sc3Cl)ccc2o1. The molecule has 0 aliphatic carbocycles. The van der Waals surface area contributed by atoms with Crippen molar-refractivity contribution in [3.63, 3.8) is 0 Å². The number of rotatable bonds is 2. The van der Waals surface area contributed by atoms with Gasteiger partial charge in [-0.15, -0.1) is 11.3 Å². The van der Waals surface area contributed by atoms with Gasteiger partial charge in [0, 0.05) is 12.6 Å². The number of aromatic nitrogens is 1. The zero-order chi connectivity index (χ0) is 14.3. The normalized spacial score (nSPS) is 10.9. The number of thiophene rings is 1. The zero-order valence-corrected chi connectivity index (χ0v) is 12.6. The Bertz CT molecular complexity index is 810. The molecule has 1 amide bonds. The molecule has 0 bridgehead atoms. The van der Waals surface area contributed by atoms with Gasteiger partial charge in [-0.25, -0.2) is 4.98 Å². The summed E-state index contributed by atoms with van der Waals surface area (Å²) in [6.45, 7) is 1.77. The van der Waals surface area contributed by atoms with Crippen molar-refractivity contribution < 1.29 is 9.21 Å². The lowest BCUT2D eigenvalue weighted by Gasteiger charge is -2.03. The molecule has 0 atom stereocenters. The molecule has 0 spiro atoms. The molecule has 3 aromatic rings. The molecule has 0 aliphatic heterocycles. The minimum absolute atomic E-state index is 0.308. The molecule has 2 heterocycles. The van der Waals surface area contributed by atoms with E-state index in [0.29, 0.717) is 36.9 Å². The Kier molecular flexibility index (Phi) is 3.41. The van der Waals surface area contributed by atoms with Gasteiger partial charge in [0.2, 0.25) is 0 Å². The van der Waals surface area contributed by atoms with Crippen LogP contribution in [-0.4, -0.2) is 10.9 Å². The van der Waals surface area contributed by atoms with Crippen LogP contribution >= 0.6 is 34.5 Å². The van der Waals surface area contributed by atoms with Gasteiger partial charge in [-0.05, 0) is 24.3 Å². The molecule has 0 unspecified atom stereocenters. The second kappa shape index (κ2) is 5.09. The molecule has 4 nitrogen and oxygen atoms in total. The molecule has 102 valence electrons. The Morgan fingerprint density at radius 2 is 2.15 bits per heavy atom. The quantitative estimate of drug-likeness (QED) is 0.738. The van der Waals surface area contributed by atoms with Crippen LogP contribution in [0.5, 0.6) is 0 Å². The Morgan fingerprint density at radius 1 is 1.35 bits per heavy atom. The van der Waals surface area contributed by atoms with Crippen molar-refractivity contribution in [3.8, 4) is 0 Å². The second-order valence-corrected chi connectivity index (χ2v) is 6.39. The molecular formula is C13H8Cl2N2O2S. The Morgan fingerprint density at radius 3 is 2.85 bits per heavy atom. The minimum atomic E-state index is -0.308. The van der Waals surface area contributed by atoms with Crippen LogP contribution in [0.3, 0.4) is 0 Å². The van der Waals surface area contributed by atoms with Crippen molar-refractivity contribution in [2.24, 2.45) is 0 Å². The molecule has 1 aromatic carbocycles. The van der Waals surface area contributed by atoms with E-state index in [9.17, 15) is 4.79 Å². The standard InChI is InChI=1S/C13H8Cl2N2O2S/c1-6-16-9-4-7(2-3-10(9)19-6)17-13(18)8-5-11(14)20-12(8)15/h2-5H,1H3,(H,17,18). The first-order valence-electron chi connectivity index (χ1n) is 5.66. The monoisotopic (exact) mass is 326 g/mol. The fourth-order valence-corrected chi connectivity index (χ4v) is 3.27. The maximum atomic E-state index is 12.1. The van der Waals surface area contributed by atoms with E-state index in [4.69, 9.17) is 27.6 Å². The van der Waals surface area contributed by atoms with Crippen molar-refractivity contribution in [2.75, 3.05) is 5.32 Å². The van der Waals surface area contributed by atoms with E-state index < -0.39 is 0 Å². The maximum absolute atomic E-state index is 12.1. The second-order valence-electron chi connectivity index (χ2n) is 4.11. The van der Waals surface area contributed by atoms with Gasteiger partial charge >= 0.3 is 0 Å². The third kappa shape index (κ3) is 2.52. The highest BCUT2D eigenvalue weighted by Gasteiger charge is 2.15. The van der Waals surface area contributed by atoms with Crippen LogP contribution in [0.15, 0.2) is 28.7 Å². The number of hydrogen-bond donors (Lipinski definition) is 1. The third-order valence-electron chi connectivity index (χ3n) is 2.65. The number of nitrogens with zero attached hydrogens (tertiary/aromatic N) is 1. The van der Waals surface area contributed by atoms with Gasteiger partial charge in [0.1, 0.15) is 9.85 Å². The van der Waals surface area contributed by atoms with E-state index in [1.54, 1.807) is 31.2 Å². The molecule has 7 heteroatoms. The predicted octanol–water partition coefficient (Wildman–Crippen LogP) is 4.76. The molecule has 3 rings (SSSR count). The lowest BCUT2D eigenvalue weighted by Crippen LogP contribution is -2.11. The van der Waals surface area contributed by atoms with Crippen LogP contribution in [0, 0.1) is 6.92 Å². The smallest absolute Gasteiger partial charge is 0.258 e. The first-order valence-corrected chi connectivity index (χ1v) is 7.23. The average Bonchev–Trinajstić information content (AvgIpc) is 2.90. The number of carbonyl (C=O) groups excluding carboxylic acids is 1. The van der Waals surface area contributed by atoms with E-state index in [2.05, 4.69) is 10.3 Å². The van der Waals surface area contributed by atoms with E-state index >= 15 is 0 Å². The van der Waals surface area contributed by atoms with Crippen LogP contribution in [0.1, 0.15) is 16.2 Å². The van der Waals surface area contributed by atoms with Crippen molar-refractivity contribution in [1.82, 2.24) is 4.98 Å². The van der Waals surface area contributed by atoms with Crippen molar-refractivity contribution >= 4 is 57.2 Å². The molecule has 0 aliphatic rings. The lowest BCUT2D eigenvalue weighted by atomic mass is 10.2. The Hall–Kier alpha value is -1.56. The van der Waals surface area contributed by atoms with Crippen LogP contribution in [-0.2, 0) is 0 Å². The number of carbonyl (C=O) groups is 1. The van der Waals surface area contributed by atoms with Gasteiger partial charge < -0.3 is 9.73 Å². The molecule has 2 aromatic heterocycles. The number of halogens is 2. The van der Waals surface area contributed by atoms with E-state index in [-0.39, 0.29) is 5.91 Å². The molecule has 1 N–H and O–H groups in total. The highest BCUT2D eigenvalue weighted by atomic mass is 35.5. The summed E-state index contributed by atoms with van der Waals surface area (Å²) in [6, 6.07) is 6.79. The summed E-state index contributed by atoms with van der Waals surface area (Å²) in [7, 11) is 0. The summed E-state index contributed by atoms with van der Waals surface area (Å²) in [4.78, 5) is 16.3. The number of aryl methyl sites for hydroxylation is 1. The number of hydrogen-bond acceptors (Lipinski definition) is 4. The topological polar surface area (TPSA) is 55.1 Å². The fourth-order valence-electron chi connectivity index (χ4n) is 1.81. The number of anilines is 1. The number of fused-ring (bicyclic) bond motifs is 1. The van der Waals surface area contributed by atoms with Gasteiger partial charge in [0.05, 0.1) is 9.90 Å². The summed E-state index contributed by atoms with van der Waals surface area (Å²) in [5, 5.41) is 2.76. The number of oxazole rings is 1. The van der Waals surface area contributed by atoms with Crippen molar-refractivity contribution in [2.45, 2.75) is 6.92 Å². The molecule has 0 fully saturated rings. The Balaban J connectivity index is 1.88. The predicted molar refractivity (Wildman–Crippen MR) is 81.0 cm³/mol. The average molecular weight is 327 g/mol. The summed E-state index contributed by atoms with van der Waals surface area (Å²) >= 11 is 12.9. The van der Waals surface area contributed by atoms with Gasteiger partial charge in [0.25, 0.3) is 5.91 Å². The molecule has 0 saturated heterocycles. The molecule has 20 heavy (non-hydrogen) atoms. The molecule has 0 radical (unpaired) electrons. The van der Waals surface area contributed by atoms with E-state index in [0.717, 1.165) is 11.3 Å². The maximum Gasteiger partial charge on any atom is 0.258 e. The van der Waals surface area contributed by atoms with Gasteiger partial charge in [-0.3, -0.25) is 4.79 Å². The van der Waals surface area contributed by atoms with E-state index in [1.165, 1.54) is 0 Å². The van der Waals surface area contributed by atoms with Gasteiger partial charge in [-0.1, -0.05) is 23.2 Å². The van der Waals surface area contributed by atoms with Gasteiger partial charge in [0.15, 0.2) is 11.5 Å². The van der Waals surface area contributed by atoms with Crippen LogP contribution in [0.2, 0.25) is 8.67 Å². The molecular weight excluding hydrogens is 319 g/mol. The summed E-state index contributed by atoms with van der Waals surface area (Å²) in [5.41, 5.74) is 2.35. The zero-order valence-electron chi connectivity index (χ0n) is 10.2. The van der Waals surface area contributed by atoms with Crippen LogP contribution in [0.4, 0.5) is 5.69 Å². The molecule has 0 saturated carbocycles. The lowest BCUT2D eigenvalue weighted by molar-refractivity contribution is 0.102. The summed E-state index contributed by atoms with van der Waals surface area (Å²) < 4.78 is 6.22. The highest BCUT2D eigenvalue weighted by molar-refractivity contribution is 7.20. The summed E-state index contributed by atoms with van der Waals surface area (Å²) in [5.74, 6) is 0.272.